The van der Waals surface area contributed by atoms with Crippen molar-refractivity contribution in [2.75, 3.05) is 13.6 Å². The summed E-state index contributed by atoms with van der Waals surface area (Å²) in [7, 11) is 1.88. The fourth-order valence-corrected chi connectivity index (χ4v) is 4.25. The number of aliphatic carboxylic acids is 1. The molecular formula is C24H33ClN2O3. The smallest absolute Gasteiger partial charge is 0.305 e. The number of carbonyl (C=O) groups excluding carboxylic acids is 1. The molecule has 1 saturated carbocycles. The normalized spacial score (nSPS) is 16.5. The fraction of sp³-hybridized carbons (Fsp3) is 0.500. The monoisotopic (exact) mass is 432 g/mol. The van der Waals surface area contributed by atoms with Gasteiger partial charge in [-0.05, 0) is 68.3 Å². The van der Waals surface area contributed by atoms with Crippen LogP contribution in [0.5, 0.6) is 0 Å². The van der Waals surface area contributed by atoms with Crippen LogP contribution in [0, 0.1) is 5.92 Å². The number of halogens is 1. The van der Waals surface area contributed by atoms with E-state index in [0.29, 0.717) is 11.4 Å². The topological polar surface area (TPSA) is 69.6 Å². The first-order chi connectivity index (χ1) is 14.2. The van der Waals surface area contributed by atoms with E-state index in [4.69, 9.17) is 16.7 Å². The molecule has 0 unspecified atom stereocenters. The predicted octanol–water partition coefficient (Wildman–Crippen LogP) is 5.21. The number of allylic oxidation sites excluding steroid dienone is 1. The summed E-state index contributed by atoms with van der Waals surface area (Å²) in [5.41, 5.74) is 3.88. The van der Waals surface area contributed by atoms with E-state index < -0.39 is 11.5 Å². The Morgan fingerprint density at radius 3 is 2.50 bits per heavy atom. The molecule has 0 bridgehead atoms. The van der Waals surface area contributed by atoms with Crippen molar-refractivity contribution in [3.8, 4) is 0 Å². The van der Waals surface area contributed by atoms with Gasteiger partial charge in [-0.15, -0.1) is 0 Å². The molecule has 6 heteroatoms. The van der Waals surface area contributed by atoms with Gasteiger partial charge in [0.2, 0.25) is 6.41 Å². The summed E-state index contributed by atoms with van der Waals surface area (Å²) in [5, 5.41) is 13.0. The molecular weight excluding hydrogens is 400 g/mol. The highest BCUT2D eigenvalue weighted by Crippen LogP contribution is 2.37. The summed E-state index contributed by atoms with van der Waals surface area (Å²) < 4.78 is 0. The molecule has 2 rings (SSSR count). The van der Waals surface area contributed by atoms with Crippen LogP contribution in [-0.2, 0) is 15.1 Å². The lowest BCUT2D eigenvalue weighted by Gasteiger charge is -2.36. The molecule has 1 aliphatic rings. The maximum Gasteiger partial charge on any atom is 0.305 e. The zero-order valence-electron chi connectivity index (χ0n) is 18.4. The van der Waals surface area contributed by atoms with E-state index >= 15 is 0 Å². The summed E-state index contributed by atoms with van der Waals surface area (Å²) in [6, 6.07) is 6.11. The van der Waals surface area contributed by atoms with Crippen molar-refractivity contribution in [1.82, 2.24) is 10.2 Å². The predicted molar refractivity (Wildman–Crippen MR) is 122 cm³/mol. The van der Waals surface area contributed by atoms with Crippen molar-refractivity contribution in [2.24, 2.45) is 5.92 Å². The van der Waals surface area contributed by atoms with Gasteiger partial charge in [-0.1, -0.05) is 49.2 Å². The van der Waals surface area contributed by atoms with Gasteiger partial charge in [0, 0.05) is 17.8 Å². The Bertz CT molecular complexity index is 824. The van der Waals surface area contributed by atoms with Gasteiger partial charge in [-0.2, -0.15) is 0 Å². The minimum atomic E-state index is -0.934. The highest BCUT2D eigenvalue weighted by Gasteiger charge is 2.32. The van der Waals surface area contributed by atoms with Crippen molar-refractivity contribution in [2.45, 2.75) is 58.4 Å². The van der Waals surface area contributed by atoms with Gasteiger partial charge in [0.05, 0.1) is 12.0 Å². The van der Waals surface area contributed by atoms with Crippen molar-refractivity contribution in [3.63, 3.8) is 0 Å². The standard InChI is InChI=1S/C24H33ClN2O3/c1-17(2)21(15-27(16-28)12-11-23(29)30)24(3,26-4)20-10-9-19(22(25)14-20)13-18-7-5-6-8-18/h9-10,13-17,26H,5-8,11-12H2,1-4H3,(H,29,30)/b21-15-/t24-/m0/s1. The highest BCUT2D eigenvalue weighted by atomic mass is 35.5. The van der Waals surface area contributed by atoms with Crippen LogP contribution < -0.4 is 5.32 Å². The largest absolute Gasteiger partial charge is 0.481 e. The molecule has 30 heavy (non-hydrogen) atoms. The number of carbonyl (C=O) groups is 2. The number of nitrogens with one attached hydrogen (secondary N) is 1. The van der Waals surface area contributed by atoms with Crippen molar-refractivity contribution < 1.29 is 14.7 Å². The van der Waals surface area contributed by atoms with Crippen LogP contribution >= 0.6 is 11.6 Å². The molecule has 1 fully saturated rings. The van der Waals surface area contributed by atoms with E-state index in [9.17, 15) is 9.59 Å². The van der Waals surface area contributed by atoms with Crippen LogP contribution in [0.4, 0.5) is 0 Å². The van der Waals surface area contributed by atoms with Crippen molar-refractivity contribution in [3.05, 3.63) is 51.7 Å². The van der Waals surface area contributed by atoms with Crippen LogP contribution in [0.1, 0.15) is 64.0 Å². The second-order valence-corrected chi connectivity index (χ2v) is 8.75. The number of carboxylic acids is 1. The van der Waals surface area contributed by atoms with Crippen LogP contribution in [0.2, 0.25) is 5.02 Å². The minimum Gasteiger partial charge on any atom is -0.481 e. The minimum absolute atomic E-state index is 0.105. The number of carboxylic acid groups (broad SMARTS) is 1. The molecule has 2 N–H and O–H groups in total. The zero-order valence-corrected chi connectivity index (χ0v) is 19.1. The molecule has 0 aromatic heterocycles. The molecule has 0 aliphatic heterocycles. The number of hydrogen-bond acceptors (Lipinski definition) is 3. The SMILES string of the molecule is CN[C@](C)(/C(=C\N(C=O)CCC(=O)O)C(C)C)c1ccc(C=C2CCCC2)c(Cl)c1. The molecule has 1 aromatic carbocycles. The third-order valence-corrected chi connectivity index (χ3v) is 6.23. The Hall–Kier alpha value is -2.11. The Morgan fingerprint density at radius 1 is 1.33 bits per heavy atom. The van der Waals surface area contributed by atoms with E-state index in [1.165, 1.54) is 23.3 Å². The van der Waals surface area contributed by atoms with Crippen molar-refractivity contribution >= 4 is 30.1 Å². The maximum atomic E-state index is 11.5. The summed E-state index contributed by atoms with van der Waals surface area (Å²) in [6.07, 6.45) is 9.31. The van der Waals surface area contributed by atoms with Gasteiger partial charge >= 0.3 is 5.97 Å². The van der Waals surface area contributed by atoms with Gasteiger partial charge in [0.25, 0.3) is 0 Å². The number of likely N-dealkylation sites (N-methyl/N-ethyl adjacent to an activating group) is 1. The Morgan fingerprint density at radius 2 is 2.00 bits per heavy atom. The lowest BCUT2D eigenvalue weighted by molar-refractivity contribution is -0.137. The molecule has 1 aromatic rings. The molecule has 0 spiro atoms. The molecule has 1 atom stereocenters. The third kappa shape index (κ3) is 5.96. The second-order valence-electron chi connectivity index (χ2n) is 8.35. The number of nitrogens with zero attached hydrogens (tertiary/aromatic N) is 1. The molecule has 0 radical (unpaired) electrons. The van der Waals surface area contributed by atoms with Crippen LogP contribution in [0.25, 0.3) is 6.08 Å². The molecule has 1 amide bonds. The van der Waals surface area contributed by atoms with Crippen LogP contribution in [-0.4, -0.2) is 36.0 Å². The first kappa shape index (κ1) is 24.2. The summed E-state index contributed by atoms with van der Waals surface area (Å²) in [6.45, 7) is 6.30. The molecule has 164 valence electrons. The van der Waals surface area contributed by atoms with Gasteiger partial charge in [-0.3, -0.25) is 9.59 Å². The first-order valence-corrected chi connectivity index (χ1v) is 10.9. The lowest BCUT2D eigenvalue weighted by atomic mass is 9.79. The van der Waals surface area contributed by atoms with E-state index in [2.05, 4.69) is 44.3 Å². The van der Waals surface area contributed by atoms with E-state index in [1.807, 2.05) is 13.1 Å². The maximum absolute atomic E-state index is 11.5. The third-order valence-electron chi connectivity index (χ3n) is 5.91. The van der Waals surface area contributed by atoms with Crippen LogP contribution in [0.3, 0.4) is 0 Å². The van der Waals surface area contributed by atoms with Crippen molar-refractivity contribution in [1.29, 1.82) is 0 Å². The Kier molecular flexibility index (Phi) is 8.68. The number of benzene rings is 1. The summed E-state index contributed by atoms with van der Waals surface area (Å²) in [5.74, 6) is -0.815. The number of hydrogen-bond donors (Lipinski definition) is 2. The summed E-state index contributed by atoms with van der Waals surface area (Å²) in [4.78, 5) is 23.8. The van der Waals surface area contributed by atoms with E-state index in [0.717, 1.165) is 29.5 Å². The Labute approximate surface area is 184 Å². The average Bonchev–Trinajstić information content (AvgIpc) is 3.22. The number of amides is 1. The molecule has 5 nitrogen and oxygen atoms in total. The summed E-state index contributed by atoms with van der Waals surface area (Å²) >= 11 is 6.65. The highest BCUT2D eigenvalue weighted by molar-refractivity contribution is 6.32. The quantitative estimate of drug-likeness (QED) is 0.498. The van der Waals surface area contributed by atoms with Gasteiger partial charge in [-0.25, -0.2) is 0 Å². The second kappa shape index (κ2) is 10.8. The molecule has 0 saturated heterocycles. The van der Waals surface area contributed by atoms with E-state index in [-0.39, 0.29) is 18.9 Å². The lowest BCUT2D eigenvalue weighted by Crippen LogP contribution is -2.41. The zero-order chi connectivity index (χ0) is 22.3. The van der Waals surface area contributed by atoms with E-state index in [1.54, 1.807) is 6.20 Å². The number of rotatable bonds is 10. The molecule has 0 heterocycles. The van der Waals surface area contributed by atoms with Gasteiger partial charge < -0.3 is 15.3 Å². The first-order valence-electron chi connectivity index (χ1n) is 10.5. The molecule has 1 aliphatic carbocycles. The van der Waals surface area contributed by atoms with Gasteiger partial charge in [0.15, 0.2) is 0 Å². The Balaban J connectivity index is 2.41. The fourth-order valence-electron chi connectivity index (χ4n) is 4.01. The van der Waals surface area contributed by atoms with Gasteiger partial charge in [0.1, 0.15) is 0 Å². The van der Waals surface area contributed by atoms with Crippen LogP contribution in [0.15, 0.2) is 35.5 Å². The average molecular weight is 433 g/mol.